The van der Waals surface area contributed by atoms with Crippen LogP contribution in [-0.4, -0.2) is 5.78 Å². The lowest BCUT2D eigenvalue weighted by atomic mass is 9.77. The average molecular weight is 259 g/mol. The molecule has 1 saturated carbocycles. The second-order valence-electron chi connectivity index (χ2n) is 5.44. The third-order valence-electron chi connectivity index (χ3n) is 4.05. The summed E-state index contributed by atoms with van der Waals surface area (Å²) in [6.07, 6.45) is 3.69. The van der Waals surface area contributed by atoms with Gasteiger partial charge in [-0.3, -0.25) is 4.79 Å². The first-order valence-corrected chi connectivity index (χ1v) is 6.81. The summed E-state index contributed by atoms with van der Waals surface area (Å²) in [4.78, 5) is 12.4. The third-order valence-corrected chi connectivity index (χ3v) is 4.05. The molecule has 0 N–H and O–H groups in total. The zero-order valence-electron chi connectivity index (χ0n) is 11.1. The summed E-state index contributed by atoms with van der Waals surface area (Å²) in [7, 11) is 0. The second kappa shape index (κ2) is 5.97. The number of hydrogen-bond donors (Lipinski definition) is 0. The zero-order chi connectivity index (χ0) is 13.8. The molecular formula is C16H18FNO. The second-order valence-corrected chi connectivity index (χ2v) is 5.44. The molecule has 2 nitrogen and oxygen atoms in total. The average Bonchev–Trinajstić information content (AvgIpc) is 2.42. The van der Waals surface area contributed by atoms with Crippen LogP contribution in [0.15, 0.2) is 24.3 Å². The van der Waals surface area contributed by atoms with Gasteiger partial charge in [0.25, 0.3) is 0 Å². The molecular weight excluding hydrogens is 241 g/mol. The Balaban J connectivity index is 2.17. The van der Waals surface area contributed by atoms with Crippen molar-refractivity contribution >= 4 is 5.78 Å². The molecule has 0 amide bonds. The van der Waals surface area contributed by atoms with Crippen LogP contribution in [0.25, 0.3) is 0 Å². The number of carbonyl (C=O) groups is 1. The first-order valence-electron chi connectivity index (χ1n) is 6.81. The number of hydrogen-bond acceptors (Lipinski definition) is 2. The standard InChI is InChI=1S/C16H18FNO/c1-11-6-8-12(9-7-11)16(19)14(10-18)13-4-2-3-5-15(13)17/h2-5,11-12,14H,6-9H2,1H3. The Hall–Kier alpha value is -1.69. The van der Waals surface area contributed by atoms with E-state index in [1.807, 2.05) is 6.07 Å². The van der Waals surface area contributed by atoms with Crippen LogP contribution in [0, 0.1) is 29.0 Å². The minimum absolute atomic E-state index is 0.0829. The maximum Gasteiger partial charge on any atom is 0.157 e. The predicted molar refractivity (Wildman–Crippen MR) is 70.9 cm³/mol. The molecule has 1 aliphatic rings. The van der Waals surface area contributed by atoms with Gasteiger partial charge in [-0.2, -0.15) is 5.26 Å². The molecule has 2 rings (SSSR count). The van der Waals surface area contributed by atoms with E-state index in [1.165, 1.54) is 12.1 Å². The van der Waals surface area contributed by atoms with Crippen molar-refractivity contribution in [3.05, 3.63) is 35.6 Å². The fourth-order valence-electron chi connectivity index (χ4n) is 2.78. The highest BCUT2D eigenvalue weighted by molar-refractivity contribution is 5.90. The van der Waals surface area contributed by atoms with Gasteiger partial charge >= 0.3 is 0 Å². The van der Waals surface area contributed by atoms with Gasteiger partial charge in [0.1, 0.15) is 11.7 Å². The molecule has 1 aromatic carbocycles. The number of Topliss-reactive ketones (excluding diaryl/α,β-unsaturated/α-hetero) is 1. The van der Waals surface area contributed by atoms with Crippen LogP contribution in [-0.2, 0) is 4.79 Å². The molecule has 0 heterocycles. The highest BCUT2D eigenvalue weighted by Crippen LogP contribution is 2.33. The summed E-state index contributed by atoms with van der Waals surface area (Å²) in [6.45, 7) is 2.18. The van der Waals surface area contributed by atoms with Gasteiger partial charge in [-0.15, -0.1) is 0 Å². The predicted octanol–water partition coefficient (Wildman–Crippen LogP) is 3.83. The highest BCUT2D eigenvalue weighted by atomic mass is 19.1. The van der Waals surface area contributed by atoms with Crippen molar-refractivity contribution in [2.75, 3.05) is 0 Å². The van der Waals surface area contributed by atoms with Crippen LogP contribution in [0.1, 0.15) is 44.1 Å². The van der Waals surface area contributed by atoms with E-state index in [-0.39, 0.29) is 17.3 Å². The van der Waals surface area contributed by atoms with Gasteiger partial charge in [-0.25, -0.2) is 4.39 Å². The van der Waals surface area contributed by atoms with Crippen LogP contribution < -0.4 is 0 Å². The van der Waals surface area contributed by atoms with Crippen molar-refractivity contribution in [2.24, 2.45) is 11.8 Å². The Morgan fingerprint density at radius 2 is 1.95 bits per heavy atom. The van der Waals surface area contributed by atoms with Crippen molar-refractivity contribution in [3.8, 4) is 6.07 Å². The smallest absolute Gasteiger partial charge is 0.157 e. The molecule has 100 valence electrons. The van der Waals surface area contributed by atoms with E-state index in [1.54, 1.807) is 12.1 Å². The van der Waals surface area contributed by atoms with Gasteiger partial charge in [0.05, 0.1) is 6.07 Å². The highest BCUT2D eigenvalue weighted by Gasteiger charge is 2.31. The molecule has 1 aliphatic carbocycles. The summed E-state index contributed by atoms with van der Waals surface area (Å²) >= 11 is 0. The Kier molecular flexibility index (Phi) is 4.31. The summed E-state index contributed by atoms with van der Waals surface area (Å²) in [6, 6.07) is 8.05. The van der Waals surface area contributed by atoms with Crippen molar-refractivity contribution in [1.29, 1.82) is 5.26 Å². The number of ketones is 1. The van der Waals surface area contributed by atoms with E-state index in [9.17, 15) is 14.4 Å². The van der Waals surface area contributed by atoms with E-state index in [0.29, 0.717) is 5.92 Å². The van der Waals surface area contributed by atoms with Gasteiger partial charge in [0.15, 0.2) is 5.78 Å². The molecule has 0 saturated heterocycles. The van der Waals surface area contributed by atoms with Crippen LogP contribution >= 0.6 is 0 Å². The normalized spacial score (nSPS) is 24.5. The van der Waals surface area contributed by atoms with Crippen molar-refractivity contribution in [3.63, 3.8) is 0 Å². The van der Waals surface area contributed by atoms with Crippen molar-refractivity contribution < 1.29 is 9.18 Å². The first kappa shape index (κ1) is 13.7. The van der Waals surface area contributed by atoms with Gasteiger partial charge < -0.3 is 0 Å². The number of halogens is 1. The molecule has 1 fully saturated rings. The SMILES string of the molecule is CC1CCC(C(=O)C(C#N)c2ccccc2F)CC1. The maximum atomic E-state index is 13.7. The molecule has 0 radical (unpaired) electrons. The molecule has 19 heavy (non-hydrogen) atoms. The van der Waals surface area contributed by atoms with Crippen LogP contribution in [0.3, 0.4) is 0 Å². The molecule has 0 bridgehead atoms. The van der Waals surface area contributed by atoms with E-state index in [4.69, 9.17) is 0 Å². The first-order chi connectivity index (χ1) is 9.13. The summed E-state index contributed by atoms with van der Waals surface area (Å²) < 4.78 is 13.7. The van der Waals surface area contributed by atoms with Gasteiger partial charge in [0, 0.05) is 11.5 Å². The molecule has 1 atom stereocenters. The van der Waals surface area contributed by atoms with E-state index < -0.39 is 11.7 Å². The zero-order valence-corrected chi connectivity index (χ0v) is 11.1. The molecule has 1 unspecified atom stereocenters. The van der Waals surface area contributed by atoms with E-state index in [2.05, 4.69) is 6.92 Å². The van der Waals surface area contributed by atoms with Gasteiger partial charge in [-0.1, -0.05) is 38.0 Å². The minimum atomic E-state index is -0.959. The van der Waals surface area contributed by atoms with Gasteiger partial charge in [0.2, 0.25) is 0 Å². The molecule has 0 aromatic heterocycles. The minimum Gasteiger partial charge on any atom is -0.298 e. The Labute approximate surface area is 113 Å². The third kappa shape index (κ3) is 3.01. The van der Waals surface area contributed by atoms with Crippen molar-refractivity contribution in [1.82, 2.24) is 0 Å². The lowest BCUT2D eigenvalue weighted by Gasteiger charge is -2.26. The van der Waals surface area contributed by atoms with Crippen LogP contribution in [0.5, 0.6) is 0 Å². The number of carbonyl (C=O) groups excluding carboxylic acids is 1. The van der Waals surface area contributed by atoms with Gasteiger partial charge in [-0.05, 0) is 24.8 Å². The topological polar surface area (TPSA) is 40.9 Å². The maximum absolute atomic E-state index is 13.7. The lowest BCUT2D eigenvalue weighted by molar-refractivity contribution is -0.124. The molecule has 3 heteroatoms. The Morgan fingerprint density at radius 3 is 2.53 bits per heavy atom. The molecule has 0 spiro atoms. The summed E-state index contributed by atoms with van der Waals surface area (Å²) in [5.74, 6) is -0.968. The van der Waals surface area contributed by atoms with Crippen LogP contribution in [0.4, 0.5) is 4.39 Å². The number of nitriles is 1. The van der Waals surface area contributed by atoms with E-state index >= 15 is 0 Å². The Morgan fingerprint density at radius 1 is 1.32 bits per heavy atom. The molecule has 0 aliphatic heterocycles. The van der Waals surface area contributed by atoms with E-state index in [0.717, 1.165) is 25.7 Å². The summed E-state index contributed by atoms with van der Waals surface area (Å²) in [5, 5.41) is 9.22. The fraction of sp³-hybridized carbons (Fsp3) is 0.500. The monoisotopic (exact) mass is 259 g/mol. The number of rotatable bonds is 3. The lowest BCUT2D eigenvalue weighted by Crippen LogP contribution is -2.26. The quantitative estimate of drug-likeness (QED) is 0.827. The number of benzene rings is 1. The molecule has 1 aromatic rings. The summed E-state index contributed by atoms with van der Waals surface area (Å²) in [5.41, 5.74) is 0.216. The largest absolute Gasteiger partial charge is 0.298 e. The van der Waals surface area contributed by atoms with Crippen LogP contribution in [0.2, 0.25) is 0 Å². The fourth-order valence-corrected chi connectivity index (χ4v) is 2.78. The number of nitrogens with zero attached hydrogens (tertiary/aromatic N) is 1. The van der Waals surface area contributed by atoms with Crippen molar-refractivity contribution in [2.45, 2.75) is 38.5 Å². The Bertz CT molecular complexity index is 498.